The number of hydrogen-bond donors (Lipinski definition) is 1. The van der Waals surface area contributed by atoms with Crippen LogP contribution in [0.1, 0.15) is 18.2 Å². The van der Waals surface area contributed by atoms with Crippen molar-refractivity contribution in [1.29, 1.82) is 0 Å². The van der Waals surface area contributed by atoms with E-state index in [1.807, 2.05) is 0 Å². The smallest absolute Gasteiger partial charge is 0.263 e. The molecule has 0 bridgehead atoms. The van der Waals surface area contributed by atoms with Gasteiger partial charge in [0.1, 0.15) is 5.82 Å². The molecule has 0 spiro atoms. The molecule has 1 fully saturated rings. The summed E-state index contributed by atoms with van der Waals surface area (Å²) in [5.74, 6) is 0.300. The van der Waals surface area contributed by atoms with Crippen molar-refractivity contribution in [2.75, 3.05) is 16.2 Å². The van der Waals surface area contributed by atoms with E-state index in [-0.39, 0.29) is 28.3 Å². The lowest BCUT2D eigenvalue weighted by Crippen LogP contribution is -2.19. The second-order valence-corrected chi connectivity index (χ2v) is 10.1. The molecular formula is C14H16ClN3O4S2. The van der Waals surface area contributed by atoms with Gasteiger partial charge in [-0.1, -0.05) is 11.6 Å². The maximum absolute atomic E-state index is 12.5. The van der Waals surface area contributed by atoms with E-state index >= 15 is 0 Å². The molecule has 1 N–H and O–H groups in total. The van der Waals surface area contributed by atoms with Crippen LogP contribution in [0.25, 0.3) is 0 Å². The zero-order chi connectivity index (χ0) is 17.5. The maximum atomic E-state index is 12.5. The Hall–Kier alpha value is -1.58. The average molecular weight is 390 g/mol. The van der Waals surface area contributed by atoms with Crippen LogP contribution in [0.2, 0.25) is 5.02 Å². The molecule has 0 aliphatic carbocycles. The third kappa shape index (κ3) is 3.57. The standard InChI is InChI=1S/C14H16ClN3O4S2/c1-10-8-14(18(16-10)12-6-7-23(19,20)9-12)17-24(21,22)13-4-2-11(15)3-5-13/h2-5,8,12,17H,6-7,9H2,1H3/t12-/m1/s1. The van der Waals surface area contributed by atoms with Gasteiger partial charge in [0.2, 0.25) is 0 Å². The molecule has 2 heterocycles. The maximum Gasteiger partial charge on any atom is 0.263 e. The van der Waals surface area contributed by atoms with E-state index in [1.165, 1.54) is 28.9 Å². The number of halogens is 1. The average Bonchev–Trinajstić information content (AvgIpc) is 3.01. The van der Waals surface area contributed by atoms with Crippen molar-refractivity contribution in [3.8, 4) is 0 Å². The number of anilines is 1. The summed E-state index contributed by atoms with van der Waals surface area (Å²) in [5, 5.41) is 4.69. The number of nitrogens with zero attached hydrogens (tertiary/aromatic N) is 2. The highest BCUT2D eigenvalue weighted by Crippen LogP contribution is 2.28. The monoisotopic (exact) mass is 389 g/mol. The summed E-state index contributed by atoms with van der Waals surface area (Å²) in [6.07, 6.45) is 0.416. The minimum atomic E-state index is -3.82. The van der Waals surface area contributed by atoms with Crippen LogP contribution in [0.5, 0.6) is 0 Å². The lowest BCUT2D eigenvalue weighted by atomic mass is 10.3. The van der Waals surface area contributed by atoms with Crippen molar-refractivity contribution in [2.24, 2.45) is 0 Å². The number of aryl methyl sites for hydroxylation is 1. The third-order valence-electron chi connectivity index (χ3n) is 3.78. The van der Waals surface area contributed by atoms with Gasteiger partial charge in [-0.15, -0.1) is 0 Å². The number of nitrogens with one attached hydrogen (secondary N) is 1. The van der Waals surface area contributed by atoms with Gasteiger partial charge < -0.3 is 0 Å². The number of sulfonamides is 1. The lowest BCUT2D eigenvalue weighted by Gasteiger charge is -2.14. The van der Waals surface area contributed by atoms with Crippen LogP contribution in [-0.4, -0.2) is 38.1 Å². The van der Waals surface area contributed by atoms with Gasteiger partial charge >= 0.3 is 0 Å². The second-order valence-electron chi connectivity index (χ2n) is 5.73. The van der Waals surface area contributed by atoms with E-state index in [1.54, 1.807) is 13.0 Å². The van der Waals surface area contributed by atoms with E-state index in [0.717, 1.165) is 0 Å². The molecule has 1 aliphatic rings. The lowest BCUT2D eigenvalue weighted by molar-refractivity contribution is 0.503. The first-order chi connectivity index (χ1) is 11.2. The van der Waals surface area contributed by atoms with Crippen molar-refractivity contribution in [3.63, 3.8) is 0 Å². The van der Waals surface area contributed by atoms with E-state index in [2.05, 4.69) is 9.82 Å². The predicted molar refractivity (Wildman–Crippen MR) is 91.5 cm³/mol. The molecule has 0 radical (unpaired) electrons. The molecule has 1 aromatic heterocycles. The summed E-state index contributed by atoms with van der Waals surface area (Å²) in [5.41, 5.74) is 0.605. The molecule has 7 nitrogen and oxygen atoms in total. The van der Waals surface area contributed by atoms with Gasteiger partial charge in [0.05, 0.1) is 28.1 Å². The zero-order valence-electron chi connectivity index (χ0n) is 12.8. The fourth-order valence-corrected chi connectivity index (χ4v) is 5.51. The molecule has 2 aromatic rings. The topological polar surface area (TPSA) is 98.1 Å². The molecule has 10 heteroatoms. The van der Waals surface area contributed by atoms with Gasteiger partial charge in [0, 0.05) is 11.1 Å². The summed E-state index contributed by atoms with van der Waals surface area (Å²) < 4.78 is 52.3. The number of sulfone groups is 1. The molecule has 1 aliphatic heterocycles. The second kappa shape index (κ2) is 6.05. The molecule has 0 amide bonds. The van der Waals surface area contributed by atoms with Crippen molar-refractivity contribution >= 4 is 37.3 Å². The Morgan fingerprint density at radius 1 is 1.29 bits per heavy atom. The largest absolute Gasteiger partial charge is 0.264 e. The molecule has 1 aromatic carbocycles. The predicted octanol–water partition coefficient (Wildman–Crippen LogP) is 2.01. The van der Waals surface area contributed by atoms with Crippen LogP contribution in [-0.2, 0) is 19.9 Å². The fraction of sp³-hybridized carbons (Fsp3) is 0.357. The number of benzene rings is 1. The van der Waals surface area contributed by atoms with E-state index in [0.29, 0.717) is 17.1 Å². The van der Waals surface area contributed by atoms with Gasteiger partial charge in [0.15, 0.2) is 9.84 Å². The number of hydrogen-bond acceptors (Lipinski definition) is 5. The SMILES string of the molecule is Cc1cc(NS(=O)(=O)c2ccc(Cl)cc2)n([C@@H]2CCS(=O)(=O)C2)n1. The van der Waals surface area contributed by atoms with Gasteiger partial charge in [-0.05, 0) is 37.6 Å². The summed E-state index contributed by atoms with van der Waals surface area (Å²) in [6, 6.07) is 6.99. The van der Waals surface area contributed by atoms with Gasteiger partial charge in [-0.3, -0.25) is 4.72 Å². The Morgan fingerprint density at radius 2 is 1.96 bits per heavy atom. The van der Waals surface area contributed by atoms with E-state index < -0.39 is 19.9 Å². The van der Waals surface area contributed by atoms with Gasteiger partial charge in [-0.25, -0.2) is 21.5 Å². The Kier molecular flexibility index (Phi) is 4.35. The first-order valence-corrected chi connectivity index (χ1v) is 10.9. The molecule has 3 rings (SSSR count). The molecule has 0 unspecified atom stereocenters. The van der Waals surface area contributed by atoms with E-state index in [4.69, 9.17) is 11.6 Å². The normalized spacial score (nSPS) is 20.2. The Bertz CT molecular complexity index is 966. The van der Waals surface area contributed by atoms with Crippen LogP contribution >= 0.6 is 11.6 Å². The highest BCUT2D eigenvalue weighted by Gasteiger charge is 2.32. The van der Waals surface area contributed by atoms with Crippen LogP contribution in [0.4, 0.5) is 5.82 Å². The first kappa shape index (κ1) is 17.2. The summed E-state index contributed by atoms with van der Waals surface area (Å²) in [6.45, 7) is 1.72. The Labute approximate surface area is 145 Å². The molecule has 0 saturated carbocycles. The van der Waals surface area contributed by atoms with E-state index in [9.17, 15) is 16.8 Å². The number of rotatable bonds is 4. The molecular weight excluding hydrogens is 374 g/mol. The zero-order valence-corrected chi connectivity index (χ0v) is 15.2. The summed E-state index contributed by atoms with van der Waals surface area (Å²) in [4.78, 5) is 0.0661. The van der Waals surface area contributed by atoms with Crippen molar-refractivity contribution in [1.82, 2.24) is 9.78 Å². The molecule has 24 heavy (non-hydrogen) atoms. The minimum absolute atomic E-state index is 0.0379. The molecule has 1 atom stereocenters. The Morgan fingerprint density at radius 3 is 2.54 bits per heavy atom. The highest BCUT2D eigenvalue weighted by atomic mass is 35.5. The Balaban J connectivity index is 1.92. The highest BCUT2D eigenvalue weighted by molar-refractivity contribution is 7.92. The van der Waals surface area contributed by atoms with Crippen molar-refractivity contribution in [2.45, 2.75) is 24.3 Å². The van der Waals surface area contributed by atoms with Crippen LogP contribution < -0.4 is 4.72 Å². The fourth-order valence-electron chi connectivity index (χ4n) is 2.65. The number of aromatic nitrogens is 2. The minimum Gasteiger partial charge on any atom is -0.264 e. The van der Waals surface area contributed by atoms with Crippen LogP contribution in [0.3, 0.4) is 0 Å². The molecule has 1 saturated heterocycles. The van der Waals surface area contributed by atoms with Crippen LogP contribution in [0, 0.1) is 6.92 Å². The first-order valence-electron chi connectivity index (χ1n) is 7.21. The summed E-state index contributed by atoms with van der Waals surface area (Å²) in [7, 11) is -6.92. The van der Waals surface area contributed by atoms with Crippen LogP contribution in [0.15, 0.2) is 35.2 Å². The van der Waals surface area contributed by atoms with Crippen molar-refractivity contribution in [3.05, 3.63) is 41.0 Å². The quantitative estimate of drug-likeness (QED) is 0.862. The third-order valence-corrected chi connectivity index (χ3v) is 7.15. The van der Waals surface area contributed by atoms with Gasteiger partial charge in [-0.2, -0.15) is 5.10 Å². The van der Waals surface area contributed by atoms with Gasteiger partial charge in [0.25, 0.3) is 10.0 Å². The van der Waals surface area contributed by atoms with Crippen molar-refractivity contribution < 1.29 is 16.8 Å². The molecule has 130 valence electrons. The summed E-state index contributed by atoms with van der Waals surface area (Å²) >= 11 is 5.78.